The number of nitrogens with zero attached hydrogens (tertiary/aromatic N) is 4. The third-order valence-corrected chi connectivity index (χ3v) is 8.25. The number of aromatic nitrogens is 3. The Labute approximate surface area is 229 Å². The Morgan fingerprint density at radius 2 is 1.88 bits per heavy atom. The molecular formula is C30H30F2N4O4. The highest BCUT2D eigenvalue weighted by atomic mass is 19.3. The number of carboxylic acid groups (broad SMARTS) is 1. The molecule has 0 saturated carbocycles. The first kappa shape index (κ1) is 26.2. The maximum absolute atomic E-state index is 14.4. The van der Waals surface area contributed by atoms with E-state index in [0.717, 1.165) is 59.2 Å². The lowest BCUT2D eigenvalue weighted by Gasteiger charge is -2.34. The van der Waals surface area contributed by atoms with Crippen molar-refractivity contribution in [2.45, 2.75) is 38.0 Å². The average molecular weight is 549 g/mol. The second kappa shape index (κ2) is 10.2. The third-order valence-electron chi connectivity index (χ3n) is 8.25. The predicted molar refractivity (Wildman–Crippen MR) is 148 cm³/mol. The summed E-state index contributed by atoms with van der Waals surface area (Å²) in [4.78, 5) is 30.2. The number of hydrogen-bond acceptors (Lipinski definition) is 5. The van der Waals surface area contributed by atoms with Crippen LogP contribution in [-0.2, 0) is 25.3 Å². The maximum atomic E-state index is 14.4. The Morgan fingerprint density at radius 3 is 2.55 bits per heavy atom. The molecule has 40 heavy (non-hydrogen) atoms. The van der Waals surface area contributed by atoms with Crippen molar-refractivity contribution >= 4 is 28.4 Å². The number of anilines is 2. The van der Waals surface area contributed by atoms with Gasteiger partial charge in [0.15, 0.2) is 0 Å². The summed E-state index contributed by atoms with van der Waals surface area (Å²) in [5, 5.41) is 9.17. The molecule has 4 heterocycles. The zero-order valence-electron chi connectivity index (χ0n) is 22.4. The lowest BCUT2D eigenvalue weighted by Crippen LogP contribution is -2.25. The van der Waals surface area contributed by atoms with Gasteiger partial charge in [-0.05, 0) is 78.6 Å². The van der Waals surface area contributed by atoms with Crippen molar-refractivity contribution in [3.63, 3.8) is 0 Å². The minimum Gasteiger partial charge on any atom is -0.477 e. The van der Waals surface area contributed by atoms with E-state index in [4.69, 9.17) is 4.74 Å². The molecule has 2 aliphatic heterocycles. The number of fused-ring (bicyclic) bond motifs is 2. The Balaban J connectivity index is 1.50. The monoisotopic (exact) mass is 548 g/mol. The van der Waals surface area contributed by atoms with Crippen LogP contribution in [0.25, 0.3) is 22.2 Å². The quantitative estimate of drug-likeness (QED) is 0.352. The average Bonchev–Trinajstić information content (AvgIpc) is 3.19. The summed E-state index contributed by atoms with van der Waals surface area (Å²) in [7, 11) is 3.55. The van der Waals surface area contributed by atoms with E-state index in [0.29, 0.717) is 30.9 Å². The van der Waals surface area contributed by atoms with Gasteiger partial charge in [-0.25, -0.2) is 23.4 Å². The molecular weight excluding hydrogens is 518 g/mol. The Bertz CT molecular complexity index is 1670. The first-order valence-corrected chi connectivity index (χ1v) is 13.4. The minimum absolute atomic E-state index is 0.105. The van der Waals surface area contributed by atoms with Crippen LogP contribution in [0, 0.1) is 0 Å². The zero-order chi connectivity index (χ0) is 28.1. The molecule has 8 nitrogen and oxygen atoms in total. The number of pyridine rings is 1. The van der Waals surface area contributed by atoms with E-state index < -0.39 is 12.4 Å². The Kier molecular flexibility index (Phi) is 6.66. The van der Waals surface area contributed by atoms with Crippen LogP contribution in [0.3, 0.4) is 0 Å². The summed E-state index contributed by atoms with van der Waals surface area (Å²) < 4.78 is 37.8. The number of hydrogen-bond donors (Lipinski definition) is 1. The van der Waals surface area contributed by atoms with E-state index in [-0.39, 0.29) is 22.9 Å². The number of benzene rings is 2. The first-order chi connectivity index (χ1) is 19.2. The van der Waals surface area contributed by atoms with Gasteiger partial charge >= 0.3 is 11.7 Å². The number of imidazole rings is 1. The molecule has 0 radical (unpaired) electrons. The van der Waals surface area contributed by atoms with Gasteiger partial charge < -0.3 is 14.7 Å². The van der Waals surface area contributed by atoms with Gasteiger partial charge in [0.25, 0.3) is 6.43 Å². The fourth-order valence-electron chi connectivity index (χ4n) is 6.17. The summed E-state index contributed by atoms with van der Waals surface area (Å²) >= 11 is 0. The second-order valence-electron chi connectivity index (χ2n) is 10.6. The number of rotatable bonds is 5. The number of aromatic carboxylic acids is 1. The van der Waals surface area contributed by atoms with Crippen LogP contribution in [0.2, 0.25) is 0 Å². The smallest absolute Gasteiger partial charge is 0.354 e. The van der Waals surface area contributed by atoms with E-state index in [1.807, 2.05) is 6.07 Å². The number of alkyl halides is 2. The highest BCUT2D eigenvalue weighted by Gasteiger charge is 2.28. The zero-order valence-corrected chi connectivity index (χ0v) is 22.4. The Morgan fingerprint density at radius 1 is 1.10 bits per heavy atom. The summed E-state index contributed by atoms with van der Waals surface area (Å²) in [6.45, 7) is 1.97. The molecule has 6 rings (SSSR count). The van der Waals surface area contributed by atoms with Gasteiger partial charge in [-0.2, -0.15) is 0 Å². The van der Waals surface area contributed by atoms with Crippen molar-refractivity contribution in [3.05, 3.63) is 75.5 Å². The van der Waals surface area contributed by atoms with E-state index in [1.165, 1.54) is 18.3 Å². The number of aryl methyl sites for hydroxylation is 3. The molecule has 1 fully saturated rings. The van der Waals surface area contributed by atoms with Gasteiger partial charge in [0.2, 0.25) is 0 Å². The lowest BCUT2D eigenvalue weighted by atomic mass is 9.89. The summed E-state index contributed by atoms with van der Waals surface area (Å²) in [5.41, 5.74) is 5.75. The van der Waals surface area contributed by atoms with Crippen LogP contribution in [0.15, 0.2) is 47.4 Å². The predicted octanol–water partition coefficient (Wildman–Crippen LogP) is 5.55. The molecule has 0 unspecified atom stereocenters. The molecule has 0 amide bonds. The van der Waals surface area contributed by atoms with Gasteiger partial charge in [-0.1, -0.05) is 6.07 Å². The van der Waals surface area contributed by atoms with Crippen molar-refractivity contribution in [2.24, 2.45) is 14.1 Å². The van der Waals surface area contributed by atoms with E-state index >= 15 is 0 Å². The van der Waals surface area contributed by atoms with Crippen LogP contribution in [0.5, 0.6) is 0 Å². The third kappa shape index (κ3) is 4.36. The Hall–Kier alpha value is -4.05. The molecule has 0 spiro atoms. The molecule has 4 aromatic rings. The molecule has 1 saturated heterocycles. The van der Waals surface area contributed by atoms with Gasteiger partial charge in [-0.15, -0.1) is 0 Å². The van der Waals surface area contributed by atoms with Crippen LogP contribution in [-0.4, -0.2) is 45.0 Å². The largest absolute Gasteiger partial charge is 0.477 e. The van der Waals surface area contributed by atoms with Crippen LogP contribution in [0.4, 0.5) is 20.2 Å². The van der Waals surface area contributed by atoms with Crippen molar-refractivity contribution in [1.82, 2.24) is 14.1 Å². The fourth-order valence-corrected chi connectivity index (χ4v) is 6.17. The van der Waals surface area contributed by atoms with Gasteiger partial charge in [-0.3, -0.25) is 9.13 Å². The SMILES string of the molecule is Cn1c(=O)n(C)c2c(C3CCOCC3)cc(N3CCCc4cc(-c5ccc(C(=O)O)nc5)c(C(F)F)cc43)cc21. The van der Waals surface area contributed by atoms with Crippen LogP contribution in [0.1, 0.15) is 58.8 Å². The molecule has 2 aliphatic rings. The summed E-state index contributed by atoms with van der Waals surface area (Å²) in [6, 6.07) is 10.3. The molecule has 0 atom stereocenters. The first-order valence-electron chi connectivity index (χ1n) is 13.4. The second-order valence-corrected chi connectivity index (χ2v) is 10.6. The molecule has 1 N–H and O–H groups in total. The molecule has 2 aromatic carbocycles. The molecule has 2 aromatic heterocycles. The van der Waals surface area contributed by atoms with Crippen LogP contribution >= 0.6 is 0 Å². The number of carboxylic acids is 1. The van der Waals surface area contributed by atoms with E-state index in [9.17, 15) is 23.5 Å². The molecule has 0 bridgehead atoms. The normalized spacial score (nSPS) is 16.1. The van der Waals surface area contributed by atoms with Crippen molar-refractivity contribution in [1.29, 1.82) is 0 Å². The molecule has 0 aliphatic carbocycles. The van der Waals surface area contributed by atoms with Gasteiger partial charge in [0.05, 0.1) is 11.0 Å². The minimum atomic E-state index is -2.74. The summed E-state index contributed by atoms with van der Waals surface area (Å²) in [6.07, 6.45) is 1.86. The fraction of sp³-hybridized carbons (Fsp3) is 0.367. The van der Waals surface area contributed by atoms with Gasteiger partial charge in [0, 0.05) is 62.6 Å². The number of carbonyl (C=O) groups is 1. The van der Waals surface area contributed by atoms with Crippen molar-refractivity contribution in [3.8, 4) is 11.1 Å². The van der Waals surface area contributed by atoms with Crippen LogP contribution < -0.4 is 10.6 Å². The maximum Gasteiger partial charge on any atom is 0.354 e. The van der Waals surface area contributed by atoms with Crippen molar-refractivity contribution in [2.75, 3.05) is 24.7 Å². The lowest BCUT2D eigenvalue weighted by molar-refractivity contribution is 0.0690. The highest BCUT2D eigenvalue weighted by Crippen LogP contribution is 2.43. The highest BCUT2D eigenvalue weighted by molar-refractivity contribution is 5.88. The summed E-state index contributed by atoms with van der Waals surface area (Å²) in [5.74, 6) is -0.941. The topological polar surface area (TPSA) is 89.6 Å². The number of halogens is 2. The van der Waals surface area contributed by atoms with Gasteiger partial charge in [0.1, 0.15) is 5.69 Å². The molecule has 10 heteroatoms. The van der Waals surface area contributed by atoms with Crippen molar-refractivity contribution < 1.29 is 23.4 Å². The number of ether oxygens (including phenoxy) is 1. The van der Waals surface area contributed by atoms with E-state index in [1.54, 1.807) is 35.4 Å². The molecule has 208 valence electrons. The van der Waals surface area contributed by atoms with E-state index in [2.05, 4.69) is 16.0 Å². The standard InChI is InChI=1S/C30H30F2N4O4/c1-34-26-14-20(13-22(17-7-10-40-11-8-17)27(26)35(2)30(34)39)36-9-3-4-18-12-21(23(28(31)32)15-25(18)36)19-5-6-24(29(37)38)33-16-19/h5-6,12-17,28H,3-4,7-11H2,1-2H3,(H,37,38).